The molecule has 108 valence electrons. The number of nitrogens with one attached hydrogen (secondary N) is 2. The maximum Gasteiger partial charge on any atom is 0.104 e. The lowest BCUT2D eigenvalue weighted by Gasteiger charge is -2.15. The third-order valence-electron chi connectivity index (χ3n) is 4.20. The summed E-state index contributed by atoms with van der Waals surface area (Å²) < 4.78 is 1.06. The minimum absolute atomic E-state index is 0.310. The number of anilines is 1. The zero-order valence-corrected chi connectivity index (χ0v) is 13.9. The monoisotopic (exact) mass is 400 g/mol. The fourth-order valence-corrected chi connectivity index (χ4v) is 3.66. The number of hydrogen-bond donors (Lipinski definition) is 2. The van der Waals surface area contributed by atoms with Gasteiger partial charge in [0.1, 0.15) is 3.70 Å². The molecule has 5 heteroatoms. The summed E-state index contributed by atoms with van der Waals surface area (Å²) in [6.45, 7) is 0. The molecule has 1 aliphatic rings. The van der Waals surface area contributed by atoms with Crippen molar-refractivity contribution in [2.75, 3.05) is 5.32 Å². The highest BCUT2D eigenvalue weighted by Crippen LogP contribution is 2.35. The summed E-state index contributed by atoms with van der Waals surface area (Å²) in [5, 5.41) is 21.0. The first-order valence-electron chi connectivity index (χ1n) is 7.18. The van der Waals surface area contributed by atoms with E-state index in [0.29, 0.717) is 6.04 Å². The van der Waals surface area contributed by atoms with Gasteiger partial charge in [0.05, 0.1) is 23.2 Å². The van der Waals surface area contributed by atoms with Crippen LogP contribution in [0.25, 0.3) is 10.9 Å². The number of halogens is 1. The van der Waals surface area contributed by atoms with Crippen molar-refractivity contribution in [2.24, 2.45) is 0 Å². The Labute approximate surface area is 141 Å². The Morgan fingerprint density at radius 1 is 1.27 bits per heavy atom. The molecule has 0 saturated carbocycles. The molecule has 1 atom stereocenters. The van der Waals surface area contributed by atoms with E-state index in [1.807, 2.05) is 18.2 Å². The zero-order valence-electron chi connectivity index (χ0n) is 11.7. The van der Waals surface area contributed by atoms with E-state index in [2.05, 4.69) is 62.4 Å². The van der Waals surface area contributed by atoms with Crippen LogP contribution in [-0.4, -0.2) is 10.2 Å². The van der Waals surface area contributed by atoms with Gasteiger partial charge in [-0.25, -0.2) is 0 Å². The summed E-state index contributed by atoms with van der Waals surface area (Å²) in [6.07, 6.45) is 2.08. The van der Waals surface area contributed by atoms with Gasteiger partial charge >= 0.3 is 0 Å². The molecule has 0 unspecified atom stereocenters. The van der Waals surface area contributed by atoms with E-state index in [-0.39, 0.29) is 0 Å². The number of rotatable bonds is 2. The van der Waals surface area contributed by atoms with Crippen LogP contribution in [0, 0.1) is 15.0 Å². The smallest absolute Gasteiger partial charge is 0.104 e. The second-order valence-corrected chi connectivity index (χ2v) is 6.61. The Morgan fingerprint density at radius 3 is 3.05 bits per heavy atom. The van der Waals surface area contributed by atoms with E-state index in [1.54, 1.807) is 0 Å². The van der Waals surface area contributed by atoms with Crippen LogP contribution >= 0.6 is 22.6 Å². The van der Waals surface area contributed by atoms with E-state index in [4.69, 9.17) is 5.26 Å². The highest BCUT2D eigenvalue weighted by Gasteiger charge is 2.22. The van der Waals surface area contributed by atoms with Gasteiger partial charge in [-0.2, -0.15) is 10.4 Å². The van der Waals surface area contributed by atoms with E-state index < -0.39 is 0 Å². The number of aryl methyl sites for hydroxylation is 1. The van der Waals surface area contributed by atoms with Gasteiger partial charge in [-0.1, -0.05) is 6.07 Å². The van der Waals surface area contributed by atoms with Crippen molar-refractivity contribution < 1.29 is 0 Å². The Balaban J connectivity index is 1.64. The summed E-state index contributed by atoms with van der Waals surface area (Å²) in [5.41, 5.74) is 5.43. The first-order chi connectivity index (χ1) is 10.7. The van der Waals surface area contributed by atoms with Crippen molar-refractivity contribution in [3.05, 3.63) is 56.8 Å². The molecule has 0 radical (unpaired) electrons. The molecule has 0 amide bonds. The minimum atomic E-state index is 0.310. The predicted molar refractivity (Wildman–Crippen MR) is 94.7 cm³/mol. The number of nitriles is 1. The first kappa shape index (κ1) is 13.6. The second kappa shape index (κ2) is 5.29. The summed E-state index contributed by atoms with van der Waals surface area (Å²) in [7, 11) is 0. The van der Waals surface area contributed by atoms with Gasteiger partial charge in [0.15, 0.2) is 0 Å². The molecule has 0 saturated heterocycles. The number of benzene rings is 2. The second-order valence-electron chi connectivity index (χ2n) is 5.53. The molecule has 2 aromatic carbocycles. The molecular weight excluding hydrogens is 387 g/mol. The van der Waals surface area contributed by atoms with Crippen molar-refractivity contribution in [1.82, 2.24) is 10.2 Å². The highest BCUT2D eigenvalue weighted by atomic mass is 127. The summed E-state index contributed by atoms with van der Waals surface area (Å²) in [5.74, 6) is 0. The molecule has 3 aromatic rings. The standard InChI is InChI=1S/C17H13IN4/c18-17-14-8-12(3-6-16(14)21-22-17)20-15-5-2-11-7-10(9-19)1-4-13(11)15/h1,3-4,6-8,15,20H,2,5H2,(H,21,22)/t15-/m0/s1. The van der Waals surface area contributed by atoms with Crippen molar-refractivity contribution in [3.63, 3.8) is 0 Å². The fraction of sp³-hybridized carbons (Fsp3) is 0.176. The first-order valence-corrected chi connectivity index (χ1v) is 8.25. The molecule has 4 rings (SSSR count). The lowest BCUT2D eigenvalue weighted by atomic mass is 10.0. The van der Waals surface area contributed by atoms with Crippen LogP contribution in [0.3, 0.4) is 0 Å². The number of H-pyrrole nitrogens is 1. The van der Waals surface area contributed by atoms with E-state index >= 15 is 0 Å². The van der Waals surface area contributed by atoms with E-state index in [9.17, 15) is 0 Å². The van der Waals surface area contributed by atoms with E-state index in [1.165, 1.54) is 11.1 Å². The topological polar surface area (TPSA) is 64.5 Å². The van der Waals surface area contributed by atoms with Gasteiger partial charge in [0.2, 0.25) is 0 Å². The SMILES string of the molecule is N#Cc1ccc2c(c1)CC[C@@H]2Nc1ccc2n[nH]c(I)c2c1. The van der Waals surface area contributed by atoms with Crippen molar-refractivity contribution in [2.45, 2.75) is 18.9 Å². The van der Waals surface area contributed by atoms with Gasteiger partial charge < -0.3 is 5.32 Å². The quantitative estimate of drug-likeness (QED) is 0.636. The minimum Gasteiger partial charge on any atom is -0.378 e. The van der Waals surface area contributed by atoms with Crippen LogP contribution in [0.5, 0.6) is 0 Å². The average Bonchev–Trinajstić information content (AvgIpc) is 3.11. The average molecular weight is 400 g/mol. The number of aromatic amines is 1. The summed E-state index contributed by atoms with van der Waals surface area (Å²) in [6, 6.07) is 14.8. The highest BCUT2D eigenvalue weighted by molar-refractivity contribution is 14.1. The Morgan fingerprint density at radius 2 is 2.18 bits per heavy atom. The molecule has 22 heavy (non-hydrogen) atoms. The van der Waals surface area contributed by atoms with E-state index in [0.717, 1.165) is 38.7 Å². The molecule has 1 heterocycles. The number of aromatic nitrogens is 2. The van der Waals surface area contributed by atoms with Crippen LogP contribution in [0.2, 0.25) is 0 Å². The number of fused-ring (bicyclic) bond motifs is 2. The normalized spacial score (nSPS) is 16.5. The Bertz CT molecular complexity index is 907. The van der Waals surface area contributed by atoms with Gasteiger partial charge in [-0.15, -0.1) is 0 Å². The number of hydrogen-bond acceptors (Lipinski definition) is 3. The van der Waals surface area contributed by atoms with Gasteiger partial charge in [-0.3, -0.25) is 5.10 Å². The third kappa shape index (κ3) is 2.24. The van der Waals surface area contributed by atoms with Crippen LogP contribution in [0.1, 0.15) is 29.2 Å². The van der Waals surface area contributed by atoms with Crippen LogP contribution in [0.15, 0.2) is 36.4 Å². The molecule has 2 N–H and O–H groups in total. The van der Waals surface area contributed by atoms with Gasteiger partial charge in [0, 0.05) is 11.1 Å². The van der Waals surface area contributed by atoms with Crippen LogP contribution in [-0.2, 0) is 6.42 Å². The largest absolute Gasteiger partial charge is 0.378 e. The predicted octanol–water partition coefficient (Wildman–Crippen LogP) is 4.14. The van der Waals surface area contributed by atoms with Crippen LogP contribution in [0.4, 0.5) is 5.69 Å². The molecule has 4 nitrogen and oxygen atoms in total. The lowest BCUT2D eigenvalue weighted by molar-refractivity contribution is 0.762. The van der Waals surface area contributed by atoms with Crippen molar-refractivity contribution in [3.8, 4) is 6.07 Å². The third-order valence-corrected chi connectivity index (χ3v) is 5.02. The van der Waals surface area contributed by atoms with Crippen molar-refractivity contribution >= 4 is 39.2 Å². The molecule has 0 fully saturated rings. The summed E-state index contributed by atoms with van der Waals surface area (Å²) >= 11 is 2.27. The Hall–Kier alpha value is -2.07. The molecule has 0 aliphatic heterocycles. The van der Waals surface area contributed by atoms with Gasteiger partial charge in [0.25, 0.3) is 0 Å². The lowest BCUT2D eigenvalue weighted by Crippen LogP contribution is -2.06. The Kier molecular flexibility index (Phi) is 3.26. The van der Waals surface area contributed by atoms with Crippen molar-refractivity contribution in [1.29, 1.82) is 5.26 Å². The maximum atomic E-state index is 9.00. The molecular formula is C17H13IN4. The molecule has 1 aromatic heterocycles. The molecule has 1 aliphatic carbocycles. The van der Waals surface area contributed by atoms with Crippen LogP contribution < -0.4 is 5.32 Å². The maximum absolute atomic E-state index is 9.00. The molecule has 0 spiro atoms. The number of nitrogens with zero attached hydrogens (tertiary/aromatic N) is 2. The summed E-state index contributed by atoms with van der Waals surface area (Å²) in [4.78, 5) is 0. The fourth-order valence-electron chi connectivity index (χ4n) is 3.11. The zero-order chi connectivity index (χ0) is 15.1. The van der Waals surface area contributed by atoms with Gasteiger partial charge in [-0.05, 0) is 76.9 Å². The molecule has 0 bridgehead atoms.